The molecule has 0 atom stereocenters. The molecule has 34 heavy (non-hydrogen) atoms. The molecule has 172 valence electrons. The van der Waals surface area contributed by atoms with Gasteiger partial charge in [0.25, 0.3) is 0 Å². The number of nitrogens with one attached hydrogen (secondary N) is 1. The van der Waals surface area contributed by atoms with Gasteiger partial charge in [0.2, 0.25) is 5.91 Å². The van der Waals surface area contributed by atoms with Gasteiger partial charge in [-0.25, -0.2) is 4.98 Å². The third kappa shape index (κ3) is 5.03. The molecule has 0 aliphatic rings. The summed E-state index contributed by atoms with van der Waals surface area (Å²) >= 11 is 5.87. The molecule has 2 heterocycles. The first-order chi connectivity index (χ1) is 16.4. The molecule has 0 aliphatic heterocycles. The van der Waals surface area contributed by atoms with Crippen LogP contribution in [-0.4, -0.2) is 27.3 Å². The van der Waals surface area contributed by atoms with Gasteiger partial charge in [0.05, 0.1) is 18.3 Å². The number of aromatic nitrogens is 3. The number of nitriles is 1. The fourth-order valence-electron chi connectivity index (χ4n) is 3.81. The standard InChI is InChI=1S/C26H24ClN5O2/c1-16-11-18(3)25-22(12-16)17(2)13-23(30-25)32-26(19(14-28)15-29-32)31-24(33)5-4-10-34-21-8-6-20(27)7-9-21/h6-9,11-13,15H,4-5,10H2,1-3H3,(H,31,33). The van der Waals surface area contributed by atoms with Crippen molar-refractivity contribution in [2.24, 2.45) is 0 Å². The smallest absolute Gasteiger partial charge is 0.225 e. The van der Waals surface area contributed by atoms with E-state index in [-0.39, 0.29) is 17.9 Å². The highest BCUT2D eigenvalue weighted by molar-refractivity contribution is 6.30. The van der Waals surface area contributed by atoms with Crippen molar-refractivity contribution in [2.45, 2.75) is 33.6 Å². The Kier molecular flexibility index (Phi) is 6.80. The van der Waals surface area contributed by atoms with Gasteiger partial charge in [-0.05, 0) is 74.7 Å². The average molecular weight is 474 g/mol. The number of carbonyl (C=O) groups is 1. The SMILES string of the molecule is Cc1cc(C)c2nc(-n3ncc(C#N)c3NC(=O)CCCOc3ccc(Cl)cc3)cc(C)c2c1. The van der Waals surface area contributed by atoms with Crippen LogP contribution in [0.1, 0.15) is 35.1 Å². The Bertz CT molecular complexity index is 1400. The van der Waals surface area contributed by atoms with Gasteiger partial charge in [0, 0.05) is 16.8 Å². The largest absolute Gasteiger partial charge is 0.494 e. The molecule has 2 aromatic heterocycles. The number of benzene rings is 2. The number of ether oxygens (including phenoxy) is 1. The quantitative estimate of drug-likeness (QED) is 0.349. The van der Waals surface area contributed by atoms with E-state index >= 15 is 0 Å². The second-order valence-corrected chi connectivity index (χ2v) is 8.60. The summed E-state index contributed by atoms with van der Waals surface area (Å²) in [5.74, 6) is 1.31. The van der Waals surface area contributed by atoms with Crippen molar-refractivity contribution in [1.29, 1.82) is 5.26 Å². The molecule has 0 spiro atoms. The van der Waals surface area contributed by atoms with Gasteiger partial charge in [-0.3, -0.25) is 4.79 Å². The zero-order valence-corrected chi connectivity index (χ0v) is 20.0. The first-order valence-corrected chi connectivity index (χ1v) is 11.3. The minimum Gasteiger partial charge on any atom is -0.494 e. The summed E-state index contributed by atoms with van der Waals surface area (Å²) in [5.41, 5.74) is 4.40. The topological polar surface area (TPSA) is 92.8 Å². The van der Waals surface area contributed by atoms with Crippen LogP contribution in [0.4, 0.5) is 5.82 Å². The molecule has 7 nitrogen and oxygen atoms in total. The van der Waals surface area contributed by atoms with E-state index in [0.717, 1.165) is 22.0 Å². The van der Waals surface area contributed by atoms with E-state index in [1.165, 1.54) is 16.4 Å². The summed E-state index contributed by atoms with van der Waals surface area (Å²) in [6, 6.07) is 15.2. The Morgan fingerprint density at radius 1 is 1.15 bits per heavy atom. The van der Waals surface area contributed by atoms with Crippen molar-refractivity contribution < 1.29 is 9.53 Å². The van der Waals surface area contributed by atoms with Crippen molar-refractivity contribution in [2.75, 3.05) is 11.9 Å². The Balaban J connectivity index is 1.50. The zero-order chi connectivity index (χ0) is 24.2. The van der Waals surface area contributed by atoms with Gasteiger partial charge >= 0.3 is 0 Å². The Morgan fingerprint density at radius 3 is 2.65 bits per heavy atom. The maximum absolute atomic E-state index is 12.6. The molecule has 0 bridgehead atoms. The summed E-state index contributed by atoms with van der Waals surface area (Å²) in [4.78, 5) is 17.4. The molecule has 1 N–H and O–H groups in total. The van der Waals surface area contributed by atoms with Gasteiger partial charge < -0.3 is 10.1 Å². The van der Waals surface area contributed by atoms with E-state index in [0.29, 0.717) is 35.4 Å². The Labute approximate surface area is 202 Å². The van der Waals surface area contributed by atoms with Crippen LogP contribution in [0.5, 0.6) is 5.75 Å². The lowest BCUT2D eigenvalue weighted by Crippen LogP contribution is -2.17. The number of nitrogens with zero attached hydrogens (tertiary/aromatic N) is 4. The Morgan fingerprint density at radius 2 is 1.91 bits per heavy atom. The molecule has 0 saturated carbocycles. The average Bonchev–Trinajstić information content (AvgIpc) is 3.21. The van der Waals surface area contributed by atoms with Crippen LogP contribution < -0.4 is 10.1 Å². The molecule has 0 aliphatic carbocycles. The maximum atomic E-state index is 12.6. The number of fused-ring (bicyclic) bond motifs is 1. The Hall–Kier alpha value is -3.89. The van der Waals surface area contributed by atoms with E-state index in [2.05, 4.69) is 35.5 Å². The summed E-state index contributed by atoms with van der Waals surface area (Å²) < 4.78 is 7.15. The van der Waals surface area contributed by atoms with Crippen molar-refractivity contribution in [1.82, 2.24) is 14.8 Å². The molecule has 0 fully saturated rings. The second-order valence-electron chi connectivity index (χ2n) is 8.16. The summed E-state index contributed by atoms with van der Waals surface area (Å²) in [6.45, 7) is 6.47. The normalized spacial score (nSPS) is 10.8. The van der Waals surface area contributed by atoms with Crippen LogP contribution in [-0.2, 0) is 4.79 Å². The molecule has 1 amide bonds. The van der Waals surface area contributed by atoms with Gasteiger partial charge in [-0.2, -0.15) is 15.0 Å². The predicted molar refractivity (Wildman–Crippen MR) is 133 cm³/mol. The lowest BCUT2D eigenvalue weighted by Gasteiger charge is -2.13. The fraction of sp³-hybridized carbons (Fsp3) is 0.231. The minimum absolute atomic E-state index is 0.228. The molecule has 2 aromatic carbocycles. The van der Waals surface area contributed by atoms with Gasteiger partial charge in [-0.1, -0.05) is 23.2 Å². The van der Waals surface area contributed by atoms with Crippen LogP contribution in [0.15, 0.2) is 48.7 Å². The lowest BCUT2D eigenvalue weighted by atomic mass is 10.0. The van der Waals surface area contributed by atoms with E-state index in [1.807, 2.05) is 19.9 Å². The van der Waals surface area contributed by atoms with Crippen LogP contribution in [0, 0.1) is 32.1 Å². The van der Waals surface area contributed by atoms with Gasteiger partial charge in [-0.15, -0.1) is 0 Å². The highest BCUT2D eigenvalue weighted by Gasteiger charge is 2.17. The monoisotopic (exact) mass is 473 g/mol. The number of halogens is 1. The van der Waals surface area contributed by atoms with Crippen LogP contribution in [0.3, 0.4) is 0 Å². The lowest BCUT2D eigenvalue weighted by molar-refractivity contribution is -0.116. The highest BCUT2D eigenvalue weighted by atomic mass is 35.5. The van der Waals surface area contributed by atoms with Crippen molar-refractivity contribution in [3.63, 3.8) is 0 Å². The molecular formula is C26H24ClN5O2. The van der Waals surface area contributed by atoms with E-state index in [9.17, 15) is 10.1 Å². The van der Waals surface area contributed by atoms with E-state index < -0.39 is 0 Å². The third-order valence-corrected chi connectivity index (χ3v) is 5.69. The summed E-state index contributed by atoms with van der Waals surface area (Å²) in [6.07, 6.45) is 2.17. The number of hydrogen-bond donors (Lipinski definition) is 1. The van der Waals surface area contributed by atoms with Crippen molar-refractivity contribution >= 4 is 34.2 Å². The predicted octanol–water partition coefficient (Wildman–Crippen LogP) is 5.67. The highest BCUT2D eigenvalue weighted by Crippen LogP contribution is 2.26. The maximum Gasteiger partial charge on any atom is 0.225 e. The zero-order valence-electron chi connectivity index (χ0n) is 19.2. The summed E-state index contributed by atoms with van der Waals surface area (Å²) in [5, 5.41) is 18.4. The van der Waals surface area contributed by atoms with E-state index in [4.69, 9.17) is 21.3 Å². The molecular weight excluding hydrogens is 450 g/mol. The van der Waals surface area contributed by atoms with Crippen molar-refractivity contribution in [3.8, 4) is 17.6 Å². The molecule has 0 saturated heterocycles. The van der Waals surface area contributed by atoms with Gasteiger partial charge in [0.15, 0.2) is 11.6 Å². The number of pyridine rings is 1. The molecule has 0 unspecified atom stereocenters. The van der Waals surface area contributed by atoms with Crippen LogP contribution in [0.25, 0.3) is 16.7 Å². The fourth-order valence-corrected chi connectivity index (χ4v) is 3.93. The first-order valence-electron chi connectivity index (χ1n) is 10.9. The van der Waals surface area contributed by atoms with Crippen LogP contribution in [0.2, 0.25) is 5.02 Å². The first kappa shape index (κ1) is 23.3. The molecule has 4 rings (SSSR count). The van der Waals surface area contributed by atoms with Crippen LogP contribution >= 0.6 is 11.6 Å². The number of anilines is 1. The molecule has 4 aromatic rings. The number of carbonyl (C=O) groups excluding carboxylic acids is 1. The summed E-state index contributed by atoms with van der Waals surface area (Å²) in [7, 11) is 0. The molecule has 0 radical (unpaired) electrons. The number of amides is 1. The van der Waals surface area contributed by atoms with Gasteiger partial charge in [0.1, 0.15) is 17.4 Å². The van der Waals surface area contributed by atoms with Crippen molar-refractivity contribution in [3.05, 3.63) is 75.9 Å². The second kappa shape index (κ2) is 9.94. The minimum atomic E-state index is -0.234. The van der Waals surface area contributed by atoms with E-state index in [1.54, 1.807) is 24.3 Å². The third-order valence-electron chi connectivity index (χ3n) is 5.44. The number of hydrogen-bond acceptors (Lipinski definition) is 5. The molecule has 8 heteroatoms. The number of rotatable bonds is 7. The number of aryl methyl sites for hydroxylation is 3.